The molecule has 0 saturated heterocycles. The molecule has 0 aliphatic carbocycles. The van der Waals surface area contributed by atoms with Crippen molar-refractivity contribution in [2.75, 3.05) is 17.2 Å². The fourth-order valence-corrected chi connectivity index (χ4v) is 3.30. The molecule has 0 amide bonds. The van der Waals surface area contributed by atoms with Gasteiger partial charge < -0.3 is 20.1 Å². The van der Waals surface area contributed by atoms with E-state index in [0.717, 1.165) is 33.7 Å². The largest absolute Gasteiger partial charge is 0.460 e. The lowest BCUT2D eigenvalue weighted by Crippen LogP contribution is -2.15. The van der Waals surface area contributed by atoms with Gasteiger partial charge in [-0.25, -0.2) is 15.0 Å². The second kappa shape index (κ2) is 8.50. The maximum atomic E-state index is 5.85. The van der Waals surface area contributed by atoms with Gasteiger partial charge >= 0.3 is 0 Å². The lowest BCUT2D eigenvalue weighted by molar-refractivity contribution is 0.245. The van der Waals surface area contributed by atoms with Gasteiger partial charge in [-0.2, -0.15) is 0 Å². The van der Waals surface area contributed by atoms with Crippen molar-refractivity contribution in [3.63, 3.8) is 0 Å². The molecule has 160 valence electrons. The lowest BCUT2D eigenvalue weighted by atomic mass is 10.2. The molecule has 8 heteroatoms. The maximum Gasteiger partial charge on any atom is 0.289 e. The normalized spacial score (nSPS) is 15.2. The average Bonchev–Trinajstić information content (AvgIpc) is 3.21. The van der Waals surface area contributed by atoms with Crippen molar-refractivity contribution in [1.29, 1.82) is 0 Å². The monoisotopic (exact) mass is 426 g/mol. The van der Waals surface area contributed by atoms with Crippen molar-refractivity contribution >= 4 is 34.1 Å². The Morgan fingerprint density at radius 2 is 1.72 bits per heavy atom. The summed E-state index contributed by atoms with van der Waals surface area (Å²) in [6, 6.07) is 17.9. The number of aromatic nitrogens is 3. The highest BCUT2D eigenvalue weighted by molar-refractivity contribution is 5.97. The summed E-state index contributed by atoms with van der Waals surface area (Å²) >= 11 is 0. The fourth-order valence-electron chi connectivity index (χ4n) is 3.30. The van der Waals surface area contributed by atoms with Gasteiger partial charge in [-0.15, -0.1) is 0 Å². The van der Waals surface area contributed by atoms with E-state index in [4.69, 9.17) is 9.47 Å². The minimum atomic E-state index is 0.0905. The summed E-state index contributed by atoms with van der Waals surface area (Å²) in [5.41, 5.74) is 3.53. The molecule has 8 nitrogen and oxygen atoms in total. The third kappa shape index (κ3) is 4.44. The molecule has 2 N–H and O–H groups in total. The lowest BCUT2D eigenvalue weighted by Gasteiger charge is -2.12. The second-order valence-electron chi connectivity index (χ2n) is 7.54. The quantitative estimate of drug-likeness (QED) is 0.461. The molecule has 0 radical (unpaired) electrons. The Bertz CT molecular complexity index is 1270. The summed E-state index contributed by atoms with van der Waals surface area (Å²) in [6.45, 7) is 4.59. The van der Waals surface area contributed by atoms with E-state index in [2.05, 4.69) is 30.6 Å². The summed E-state index contributed by atoms with van der Waals surface area (Å²) in [4.78, 5) is 17.4. The van der Waals surface area contributed by atoms with Crippen molar-refractivity contribution in [3.8, 4) is 11.5 Å². The molecular weight excluding hydrogens is 404 g/mol. The van der Waals surface area contributed by atoms with E-state index in [1.54, 1.807) is 12.5 Å². The van der Waals surface area contributed by atoms with Crippen LogP contribution in [0.25, 0.3) is 10.9 Å². The van der Waals surface area contributed by atoms with Crippen molar-refractivity contribution < 1.29 is 9.47 Å². The number of hydrogen-bond donors (Lipinski definition) is 2. The van der Waals surface area contributed by atoms with Crippen molar-refractivity contribution in [3.05, 3.63) is 72.8 Å². The predicted molar refractivity (Wildman–Crippen MR) is 125 cm³/mol. The Labute approximate surface area is 185 Å². The summed E-state index contributed by atoms with van der Waals surface area (Å²) in [5.74, 6) is 2.13. The summed E-state index contributed by atoms with van der Waals surface area (Å²) < 4.78 is 11.5. The van der Waals surface area contributed by atoms with Crippen LogP contribution < -0.4 is 15.4 Å². The first-order valence-electron chi connectivity index (χ1n) is 10.3. The molecule has 1 unspecified atom stereocenters. The molecule has 3 heterocycles. The molecule has 4 aromatic rings. The van der Waals surface area contributed by atoms with Crippen LogP contribution in [0.15, 0.2) is 72.1 Å². The van der Waals surface area contributed by atoms with Gasteiger partial charge in [0.25, 0.3) is 6.02 Å². The van der Waals surface area contributed by atoms with Crippen LogP contribution in [0.1, 0.15) is 12.6 Å². The molecule has 0 spiro atoms. The zero-order valence-corrected chi connectivity index (χ0v) is 17.7. The number of benzene rings is 2. The Morgan fingerprint density at radius 1 is 0.906 bits per heavy atom. The van der Waals surface area contributed by atoms with E-state index >= 15 is 0 Å². The van der Waals surface area contributed by atoms with Gasteiger partial charge in [0.1, 0.15) is 29.7 Å². The van der Waals surface area contributed by atoms with Crippen LogP contribution in [0.2, 0.25) is 0 Å². The van der Waals surface area contributed by atoms with E-state index in [0.29, 0.717) is 24.1 Å². The fraction of sp³-hybridized carbons (Fsp3) is 0.167. The van der Waals surface area contributed by atoms with Gasteiger partial charge in [0.2, 0.25) is 0 Å². The van der Waals surface area contributed by atoms with Crippen molar-refractivity contribution in [2.45, 2.75) is 20.0 Å². The Balaban J connectivity index is 1.34. The van der Waals surface area contributed by atoms with E-state index in [1.165, 1.54) is 0 Å². The zero-order chi connectivity index (χ0) is 21.9. The predicted octanol–water partition coefficient (Wildman–Crippen LogP) is 5.06. The molecule has 0 bridgehead atoms. The highest BCUT2D eigenvalue weighted by Crippen LogP contribution is 2.28. The van der Waals surface area contributed by atoms with Gasteiger partial charge in [-0.05, 0) is 68.4 Å². The van der Waals surface area contributed by atoms with Gasteiger partial charge in [0, 0.05) is 22.5 Å². The molecule has 0 saturated carbocycles. The van der Waals surface area contributed by atoms with Crippen LogP contribution in [0.4, 0.5) is 17.2 Å². The second-order valence-corrected chi connectivity index (χ2v) is 7.54. The number of pyridine rings is 1. The third-order valence-electron chi connectivity index (χ3n) is 4.93. The molecule has 5 rings (SSSR count). The number of ether oxygens (including phenoxy) is 2. The molecule has 32 heavy (non-hydrogen) atoms. The van der Waals surface area contributed by atoms with Gasteiger partial charge in [0.05, 0.1) is 18.3 Å². The minimum Gasteiger partial charge on any atom is -0.460 e. The SMILES string of the molecule is Cc1ccc(Oc2ccc(Nc3ncnc4ccc(NC5=NCC(C)O5)cc34)cc2)cn1. The maximum absolute atomic E-state index is 5.85. The highest BCUT2D eigenvalue weighted by atomic mass is 16.5. The van der Waals surface area contributed by atoms with Crippen LogP contribution in [0.3, 0.4) is 0 Å². The number of aryl methyl sites for hydroxylation is 1. The standard InChI is InChI=1S/C24H22N6O2/c1-15-3-7-20(13-25-15)32-19-8-4-17(5-9-19)29-23-21-11-18(6-10-22(21)27-14-28-23)30-24-26-12-16(2)31-24/h3-11,13-14,16H,12H2,1-2H3,(H,26,30)(H,27,28,29). The molecule has 2 aromatic carbocycles. The van der Waals surface area contributed by atoms with Gasteiger partial charge in [-0.3, -0.25) is 4.98 Å². The molecule has 1 aliphatic heterocycles. The molecular formula is C24H22N6O2. The van der Waals surface area contributed by atoms with Gasteiger partial charge in [-0.1, -0.05) is 0 Å². The number of nitrogens with one attached hydrogen (secondary N) is 2. The van der Waals surface area contributed by atoms with Crippen LogP contribution in [0.5, 0.6) is 11.5 Å². The smallest absolute Gasteiger partial charge is 0.289 e. The van der Waals surface area contributed by atoms with Crippen LogP contribution in [-0.4, -0.2) is 33.6 Å². The number of nitrogens with zero attached hydrogens (tertiary/aromatic N) is 4. The summed E-state index contributed by atoms with van der Waals surface area (Å²) in [5, 5.41) is 7.46. The highest BCUT2D eigenvalue weighted by Gasteiger charge is 2.15. The van der Waals surface area contributed by atoms with E-state index < -0.39 is 0 Å². The van der Waals surface area contributed by atoms with Crippen LogP contribution in [0, 0.1) is 6.92 Å². The number of hydrogen-bond acceptors (Lipinski definition) is 8. The third-order valence-corrected chi connectivity index (χ3v) is 4.93. The average molecular weight is 426 g/mol. The first kappa shape index (κ1) is 19.7. The Hall–Kier alpha value is -4.20. The van der Waals surface area contributed by atoms with E-state index in [9.17, 15) is 0 Å². The molecule has 1 aliphatic rings. The Kier molecular flexibility index (Phi) is 5.25. The molecule has 1 atom stereocenters. The molecule has 0 fully saturated rings. The van der Waals surface area contributed by atoms with Crippen molar-refractivity contribution in [2.24, 2.45) is 4.99 Å². The van der Waals surface area contributed by atoms with Crippen LogP contribution >= 0.6 is 0 Å². The number of anilines is 3. The zero-order valence-electron chi connectivity index (χ0n) is 17.7. The van der Waals surface area contributed by atoms with Gasteiger partial charge in [0.15, 0.2) is 0 Å². The summed E-state index contributed by atoms with van der Waals surface area (Å²) in [6.07, 6.45) is 3.35. The van der Waals surface area contributed by atoms with Crippen LogP contribution in [-0.2, 0) is 4.74 Å². The number of aliphatic imine (C=N–C) groups is 1. The first-order valence-corrected chi connectivity index (χ1v) is 10.3. The molecule has 2 aromatic heterocycles. The number of fused-ring (bicyclic) bond motifs is 1. The topological polar surface area (TPSA) is 93.6 Å². The first-order chi connectivity index (χ1) is 15.6. The minimum absolute atomic E-state index is 0.0905. The Morgan fingerprint density at radius 3 is 2.47 bits per heavy atom. The summed E-state index contributed by atoms with van der Waals surface area (Å²) in [7, 11) is 0. The van der Waals surface area contributed by atoms with Crippen molar-refractivity contribution in [1.82, 2.24) is 15.0 Å². The van der Waals surface area contributed by atoms with E-state index in [1.807, 2.05) is 68.4 Å². The number of rotatable bonds is 5. The van der Waals surface area contributed by atoms with E-state index in [-0.39, 0.29) is 6.10 Å². The number of amidine groups is 1.